The third kappa shape index (κ3) is 4.00. The number of piperazine rings is 1. The molecule has 1 aromatic rings. The lowest BCUT2D eigenvalue weighted by molar-refractivity contribution is -0.136. The monoisotopic (exact) mass is 343 g/mol. The van der Waals surface area contributed by atoms with Crippen molar-refractivity contribution in [2.45, 2.75) is 6.18 Å². The summed E-state index contributed by atoms with van der Waals surface area (Å²) >= 11 is 5.55. The van der Waals surface area contributed by atoms with Crippen molar-refractivity contribution in [1.29, 1.82) is 0 Å². The van der Waals surface area contributed by atoms with Crippen LogP contribution >= 0.6 is 11.6 Å². The average molecular weight is 344 g/mol. The van der Waals surface area contributed by atoms with Crippen LogP contribution in [0.1, 0.15) is 5.56 Å². The van der Waals surface area contributed by atoms with Crippen LogP contribution in [0.15, 0.2) is 18.2 Å². The van der Waals surface area contributed by atoms with Gasteiger partial charge in [-0.1, -0.05) is 11.6 Å². The second-order valence-electron chi connectivity index (χ2n) is 4.44. The summed E-state index contributed by atoms with van der Waals surface area (Å²) < 4.78 is 66.1. The van der Waals surface area contributed by atoms with Gasteiger partial charge in [0, 0.05) is 31.2 Å². The largest absolute Gasteiger partial charge is 0.418 e. The molecule has 2 N–H and O–H groups in total. The summed E-state index contributed by atoms with van der Waals surface area (Å²) in [5.41, 5.74) is -1.65. The van der Waals surface area contributed by atoms with E-state index in [9.17, 15) is 21.6 Å². The highest BCUT2D eigenvalue weighted by Gasteiger charge is 2.35. The van der Waals surface area contributed by atoms with E-state index in [1.54, 1.807) is 0 Å². The van der Waals surface area contributed by atoms with Gasteiger partial charge in [0.25, 0.3) is 0 Å². The van der Waals surface area contributed by atoms with Gasteiger partial charge in [0.05, 0.1) is 11.3 Å². The predicted molar refractivity (Wildman–Crippen MR) is 73.4 cm³/mol. The molecule has 21 heavy (non-hydrogen) atoms. The molecule has 1 heterocycles. The summed E-state index contributed by atoms with van der Waals surface area (Å²) in [6, 6.07) is 2.90. The summed E-state index contributed by atoms with van der Waals surface area (Å²) in [6.45, 7) is 1.30. The number of alkyl halides is 3. The van der Waals surface area contributed by atoms with Crippen LogP contribution in [0.5, 0.6) is 0 Å². The van der Waals surface area contributed by atoms with Crippen LogP contribution in [0.2, 0.25) is 5.02 Å². The van der Waals surface area contributed by atoms with Gasteiger partial charge >= 0.3 is 16.4 Å². The van der Waals surface area contributed by atoms with E-state index in [2.05, 4.69) is 5.32 Å². The van der Waals surface area contributed by atoms with Gasteiger partial charge < -0.3 is 5.32 Å². The smallest absolute Gasteiger partial charge is 0.314 e. The van der Waals surface area contributed by atoms with Crippen molar-refractivity contribution < 1.29 is 21.6 Å². The molecule has 2 rings (SSSR count). The zero-order valence-corrected chi connectivity index (χ0v) is 12.3. The average Bonchev–Trinajstić information content (AvgIpc) is 2.40. The van der Waals surface area contributed by atoms with Crippen LogP contribution in [-0.2, 0) is 16.4 Å². The number of benzene rings is 1. The fourth-order valence-corrected chi connectivity index (χ4v) is 3.35. The van der Waals surface area contributed by atoms with Crippen molar-refractivity contribution in [3.8, 4) is 0 Å². The van der Waals surface area contributed by atoms with Crippen LogP contribution in [0.3, 0.4) is 0 Å². The normalized spacial score (nSPS) is 17.7. The van der Waals surface area contributed by atoms with Crippen LogP contribution in [-0.4, -0.2) is 38.9 Å². The van der Waals surface area contributed by atoms with Crippen molar-refractivity contribution in [3.05, 3.63) is 28.8 Å². The molecule has 0 aliphatic carbocycles. The minimum Gasteiger partial charge on any atom is -0.314 e. The molecule has 0 amide bonds. The first-order valence-electron chi connectivity index (χ1n) is 6.05. The number of nitrogens with zero attached hydrogens (tertiary/aromatic N) is 1. The molecule has 5 nitrogen and oxygen atoms in total. The Kier molecular flexibility index (Phi) is 4.66. The standard InChI is InChI=1S/C11H13ClF3N3O2S/c12-8-1-2-10(9(7-8)11(13,14)15)17-21(19,20)18-5-3-16-4-6-18/h1-2,7,16-17H,3-6H2. The minimum atomic E-state index is -4.70. The van der Waals surface area contributed by atoms with Gasteiger partial charge in [-0.3, -0.25) is 4.72 Å². The molecule has 118 valence electrons. The zero-order chi connectivity index (χ0) is 15.7. The molecule has 0 radical (unpaired) electrons. The van der Waals surface area contributed by atoms with Crippen LogP contribution in [0, 0.1) is 0 Å². The lowest BCUT2D eigenvalue weighted by Gasteiger charge is -2.27. The highest BCUT2D eigenvalue weighted by atomic mass is 35.5. The summed E-state index contributed by atoms with van der Waals surface area (Å²) in [6.07, 6.45) is -4.70. The van der Waals surface area contributed by atoms with Gasteiger partial charge in [0.1, 0.15) is 0 Å². The highest BCUT2D eigenvalue weighted by Crippen LogP contribution is 2.37. The van der Waals surface area contributed by atoms with Crippen molar-refractivity contribution >= 4 is 27.5 Å². The first-order chi connectivity index (χ1) is 9.70. The molecule has 0 aromatic heterocycles. The molecule has 0 saturated carbocycles. The van der Waals surface area contributed by atoms with E-state index < -0.39 is 27.6 Å². The molecule has 1 aliphatic rings. The lowest BCUT2D eigenvalue weighted by atomic mass is 10.2. The van der Waals surface area contributed by atoms with Crippen molar-refractivity contribution in [1.82, 2.24) is 9.62 Å². The van der Waals surface area contributed by atoms with E-state index in [0.717, 1.165) is 10.4 Å². The molecule has 1 aliphatic heterocycles. The molecule has 0 spiro atoms. The van der Waals surface area contributed by atoms with E-state index in [4.69, 9.17) is 11.6 Å². The van der Waals surface area contributed by atoms with Gasteiger partial charge in [-0.25, -0.2) is 0 Å². The molecule has 0 unspecified atom stereocenters. The Morgan fingerprint density at radius 2 is 1.86 bits per heavy atom. The van der Waals surface area contributed by atoms with Gasteiger partial charge in [-0.05, 0) is 18.2 Å². The summed E-state index contributed by atoms with van der Waals surface area (Å²) in [7, 11) is -4.03. The molecule has 1 fully saturated rings. The quantitative estimate of drug-likeness (QED) is 0.881. The Morgan fingerprint density at radius 3 is 2.43 bits per heavy atom. The maximum atomic E-state index is 12.9. The second-order valence-corrected chi connectivity index (χ2v) is 6.55. The SMILES string of the molecule is O=S(=O)(Nc1ccc(Cl)cc1C(F)(F)F)N1CCNCC1. The summed E-state index contributed by atoms with van der Waals surface area (Å²) in [5.74, 6) is 0. The van der Waals surface area contributed by atoms with E-state index in [-0.39, 0.29) is 18.1 Å². The Balaban J connectivity index is 2.30. The molecule has 1 saturated heterocycles. The Labute approximate surface area is 125 Å². The van der Waals surface area contributed by atoms with Crippen molar-refractivity contribution in [2.24, 2.45) is 0 Å². The number of rotatable bonds is 3. The van der Waals surface area contributed by atoms with E-state index in [1.165, 1.54) is 6.07 Å². The number of halogens is 4. The van der Waals surface area contributed by atoms with Gasteiger partial charge in [0.15, 0.2) is 0 Å². The van der Waals surface area contributed by atoms with Crippen LogP contribution in [0.4, 0.5) is 18.9 Å². The number of anilines is 1. The van der Waals surface area contributed by atoms with Crippen LogP contribution in [0.25, 0.3) is 0 Å². The maximum absolute atomic E-state index is 12.9. The van der Waals surface area contributed by atoms with E-state index >= 15 is 0 Å². The van der Waals surface area contributed by atoms with Gasteiger partial charge in [-0.2, -0.15) is 25.9 Å². The number of hydrogen-bond donors (Lipinski definition) is 2. The van der Waals surface area contributed by atoms with E-state index in [1.807, 2.05) is 4.72 Å². The van der Waals surface area contributed by atoms with E-state index in [0.29, 0.717) is 19.2 Å². The Hall–Kier alpha value is -1.03. The topological polar surface area (TPSA) is 61.4 Å². The van der Waals surface area contributed by atoms with Crippen LogP contribution < -0.4 is 10.0 Å². The first kappa shape index (κ1) is 16.3. The summed E-state index contributed by atoms with van der Waals surface area (Å²) in [4.78, 5) is 0. The molecular weight excluding hydrogens is 331 g/mol. The fraction of sp³-hybridized carbons (Fsp3) is 0.455. The van der Waals surface area contributed by atoms with Gasteiger partial charge in [0.2, 0.25) is 0 Å². The number of hydrogen-bond acceptors (Lipinski definition) is 3. The third-order valence-electron chi connectivity index (χ3n) is 2.94. The second kappa shape index (κ2) is 5.99. The van der Waals surface area contributed by atoms with Crippen molar-refractivity contribution in [2.75, 3.05) is 30.9 Å². The molecule has 1 aromatic carbocycles. The molecule has 10 heteroatoms. The predicted octanol–water partition coefficient (Wildman–Crippen LogP) is 1.92. The minimum absolute atomic E-state index is 0.118. The fourth-order valence-electron chi connectivity index (χ4n) is 1.93. The number of nitrogens with one attached hydrogen (secondary N) is 2. The Bertz CT molecular complexity index is 616. The van der Waals surface area contributed by atoms with Crippen molar-refractivity contribution in [3.63, 3.8) is 0 Å². The maximum Gasteiger partial charge on any atom is 0.418 e. The molecule has 0 bridgehead atoms. The lowest BCUT2D eigenvalue weighted by Crippen LogP contribution is -2.48. The van der Waals surface area contributed by atoms with Gasteiger partial charge in [-0.15, -0.1) is 0 Å². The Morgan fingerprint density at radius 1 is 1.24 bits per heavy atom. The highest BCUT2D eigenvalue weighted by molar-refractivity contribution is 7.90. The molecular formula is C11H13ClF3N3O2S. The summed E-state index contributed by atoms with van der Waals surface area (Å²) in [5, 5.41) is 2.84. The first-order valence-corrected chi connectivity index (χ1v) is 7.87. The zero-order valence-electron chi connectivity index (χ0n) is 10.7. The third-order valence-corrected chi connectivity index (χ3v) is 4.70. The molecule has 0 atom stereocenters.